The van der Waals surface area contributed by atoms with Gasteiger partial charge in [0, 0.05) is 32.2 Å². The van der Waals surface area contributed by atoms with E-state index in [0.29, 0.717) is 43.2 Å². The third kappa shape index (κ3) is 5.12. The van der Waals surface area contributed by atoms with Crippen molar-refractivity contribution in [3.05, 3.63) is 51.6 Å². The molecule has 0 radical (unpaired) electrons. The van der Waals surface area contributed by atoms with Gasteiger partial charge in [-0.15, -0.1) is 0 Å². The normalized spacial score (nSPS) is 13.7. The highest BCUT2D eigenvalue weighted by atomic mass is 32.2. The highest BCUT2D eigenvalue weighted by Crippen LogP contribution is 2.37. The average molecular weight is 465 g/mol. The minimum Gasteiger partial charge on any atom is -0.493 e. The Kier molecular flexibility index (Phi) is 7.22. The van der Waals surface area contributed by atoms with Crippen LogP contribution in [0.1, 0.15) is 11.1 Å². The van der Waals surface area contributed by atoms with Gasteiger partial charge in [0.2, 0.25) is 10.0 Å². The first-order chi connectivity index (χ1) is 15.2. The number of benzene rings is 2. The van der Waals surface area contributed by atoms with Crippen LogP contribution in [0, 0.1) is 10.1 Å². The van der Waals surface area contributed by atoms with Gasteiger partial charge < -0.3 is 19.3 Å². The molecule has 11 heteroatoms. The molecule has 0 atom stereocenters. The summed E-state index contributed by atoms with van der Waals surface area (Å²) < 4.78 is 38.4. The molecule has 2 aromatic carbocycles. The fourth-order valence-corrected chi connectivity index (χ4v) is 4.70. The van der Waals surface area contributed by atoms with E-state index in [-0.39, 0.29) is 17.1 Å². The highest BCUT2D eigenvalue weighted by Gasteiger charge is 2.27. The van der Waals surface area contributed by atoms with Crippen LogP contribution in [0.3, 0.4) is 0 Å². The van der Waals surface area contributed by atoms with E-state index >= 15 is 0 Å². The predicted molar refractivity (Wildman–Crippen MR) is 121 cm³/mol. The van der Waals surface area contributed by atoms with Gasteiger partial charge in [0.25, 0.3) is 5.69 Å². The van der Waals surface area contributed by atoms with Gasteiger partial charge in [0.15, 0.2) is 11.5 Å². The maximum Gasteiger partial charge on any atom is 0.293 e. The number of likely N-dealkylation sites (N-methyl/N-ethyl adjacent to an activating group) is 1. The standard InChI is InChI=1S/C21H28N4O6S/c1-23(2)10-8-22-32(28,29)17-5-6-18(19(13-17)25(26)27)24-9-7-15-11-20(30-3)21(31-4)12-16(15)14-24/h5-6,11-13,22H,7-10,14H2,1-4H3. The summed E-state index contributed by atoms with van der Waals surface area (Å²) >= 11 is 0. The summed E-state index contributed by atoms with van der Waals surface area (Å²) in [6, 6.07) is 7.83. The summed E-state index contributed by atoms with van der Waals surface area (Å²) in [5.41, 5.74) is 2.20. The van der Waals surface area contributed by atoms with Crippen molar-refractivity contribution in [1.82, 2.24) is 9.62 Å². The van der Waals surface area contributed by atoms with Crippen LogP contribution in [0.25, 0.3) is 0 Å². The lowest BCUT2D eigenvalue weighted by atomic mass is 9.98. The molecular formula is C21H28N4O6S. The third-order valence-electron chi connectivity index (χ3n) is 5.36. The molecule has 0 saturated carbocycles. The number of hydrogen-bond acceptors (Lipinski definition) is 8. The Balaban J connectivity index is 1.90. The largest absolute Gasteiger partial charge is 0.493 e. The zero-order chi connectivity index (χ0) is 23.5. The Hall–Kier alpha value is -2.89. The van der Waals surface area contributed by atoms with E-state index in [1.165, 1.54) is 12.1 Å². The number of ether oxygens (including phenoxy) is 2. The van der Waals surface area contributed by atoms with E-state index in [2.05, 4.69) is 4.72 Å². The maximum absolute atomic E-state index is 12.6. The predicted octanol–water partition coefficient (Wildman–Crippen LogP) is 2.01. The number of nitrogens with one attached hydrogen (secondary N) is 1. The Morgan fingerprint density at radius 1 is 1.12 bits per heavy atom. The molecule has 3 rings (SSSR count). The molecule has 0 fully saturated rings. The number of hydrogen-bond donors (Lipinski definition) is 1. The van der Waals surface area contributed by atoms with Crippen molar-refractivity contribution < 1.29 is 22.8 Å². The number of nitro benzene ring substituents is 1. The number of methoxy groups -OCH3 is 2. The summed E-state index contributed by atoms with van der Waals surface area (Å²) in [5, 5.41) is 11.8. The van der Waals surface area contributed by atoms with Gasteiger partial charge in [-0.05, 0) is 55.9 Å². The number of sulfonamides is 1. The van der Waals surface area contributed by atoms with Crippen LogP contribution in [-0.4, -0.2) is 66.2 Å². The molecule has 0 amide bonds. The van der Waals surface area contributed by atoms with Crippen molar-refractivity contribution in [3.63, 3.8) is 0 Å². The van der Waals surface area contributed by atoms with E-state index in [1.807, 2.05) is 36.0 Å². The zero-order valence-corrected chi connectivity index (χ0v) is 19.4. The summed E-state index contributed by atoms with van der Waals surface area (Å²) in [6.07, 6.45) is 0.666. The highest BCUT2D eigenvalue weighted by molar-refractivity contribution is 7.89. The Morgan fingerprint density at radius 2 is 1.78 bits per heavy atom. The van der Waals surface area contributed by atoms with Crippen molar-refractivity contribution in [3.8, 4) is 11.5 Å². The van der Waals surface area contributed by atoms with Gasteiger partial charge >= 0.3 is 0 Å². The first kappa shape index (κ1) is 23.8. The second kappa shape index (κ2) is 9.72. The van der Waals surface area contributed by atoms with Gasteiger partial charge in [-0.25, -0.2) is 13.1 Å². The first-order valence-electron chi connectivity index (χ1n) is 10.1. The van der Waals surface area contributed by atoms with Gasteiger partial charge in [0.05, 0.1) is 24.0 Å². The maximum atomic E-state index is 12.6. The molecule has 1 aliphatic rings. The molecule has 0 saturated heterocycles. The number of anilines is 1. The van der Waals surface area contributed by atoms with Crippen molar-refractivity contribution in [1.29, 1.82) is 0 Å². The first-order valence-corrected chi connectivity index (χ1v) is 11.6. The van der Waals surface area contributed by atoms with Crippen LogP contribution >= 0.6 is 0 Å². The summed E-state index contributed by atoms with van der Waals surface area (Å²) in [5.74, 6) is 1.23. The molecule has 1 heterocycles. The minimum atomic E-state index is -3.85. The van der Waals surface area contributed by atoms with Gasteiger partial charge in [-0.3, -0.25) is 10.1 Å². The van der Waals surface area contributed by atoms with E-state index in [0.717, 1.165) is 17.2 Å². The second-order valence-corrected chi connectivity index (χ2v) is 9.52. The van der Waals surface area contributed by atoms with Crippen LogP contribution in [0.15, 0.2) is 35.2 Å². The molecular weight excluding hydrogens is 436 g/mol. The lowest BCUT2D eigenvalue weighted by molar-refractivity contribution is -0.384. The van der Waals surface area contributed by atoms with Crippen molar-refractivity contribution in [2.75, 3.05) is 52.8 Å². The zero-order valence-electron chi connectivity index (χ0n) is 18.6. The van der Waals surface area contributed by atoms with Crippen LogP contribution in [0.4, 0.5) is 11.4 Å². The second-order valence-electron chi connectivity index (χ2n) is 7.76. The average Bonchev–Trinajstić information content (AvgIpc) is 2.76. The van der Waals surface area contributed by atoms with E-state index < -0.39 is 14.9 Å². The molecule has 2 aromatic rings. The number of rotatable bonds is 9. The van der Waals surface area contributed by atoms with E-state index in [4.69, 9.17) is 9.47 Å². The van der Waals surface area contributed by atoms with Crippen LogP contribution in [-0.2, 0) is 23.0 Å². The van der Waals surface area contributed by atoms with Crippen molar-refractivity contribution in [2.45, 2.75) is 17.9 Å². The molecule has 0 spiro atoms. The fourth-order valence-electron chi connectivity index (χ4n) is 3.66. The van der Waals surface area contributed by atoms with Gasteiger partial charge in [-0.1, -0.05) is 0 Å². The minimum absolute atomic E-state index is 0.129. The van der Waals surface area contributed by atoms with Crippen molar-refractivity contribution in [2.24, 2.45) is 0 Å². The van der Waals surface area contributed by atoms with Gasteiger partial charge in [-0.2, -0.15) is 0 Å². The smallest absolute Gasteiger partial charge is 0.293 e. The topological polar surface area (TPSA) is 114 Å². The lowest BCUT2D eigenvalue weighted by Gasteiger charge is -2.31. The van der Waals surface area contributed by atoms with Gasteiger partial charge in [0.1, 0.15) is 5.69 Å². The molecule has 0 aromatic heterocycles. The van der Waals surface area contributed by atoms with Crippen LogP contribution in [0.2, 0.25) is 0 Å². The molecule has 0 unspecified atom stereocenters. The number of fused-ring (bicyclic) bond motifs is 1. The summed E-state index contributed by atoms with van der Waals surface area (Å²) in [7, 11) is 2.94. The summed E-state index contributed by atoms with van der Waals surface area (Å²) in [6.45, 7) is 1.71. The monoisotopic (exact) mass is 464 g/mol. The Labute approximate surface area is 187 Å². The molecule has 0 bridgehead atoms. The molecule has 174 valence electrons. The molecule has 1 N–H and O–H groups in total. The number of nitro groups is 1. The third-order valence-corrected chi connectivity index (χ3v) is 6.82. The van der Waals surface area contributed by atoms with Crippen molar-refractivity contribution >= 4 is 21.4 Å². The fraction of sp³-hybridized carbons (Fsp3) is 0.429. The van der Waals surface area contributed by atoms with E-state index in [1.54, 1.807) is 14.2 Å². The Morgan fingerprint density at radius 3 is 2.38 bits per heavy atom. The Bertz CT molecular complexity index is 1100. The van der Waals surface area contributed by atoms with E-state index in [9.17, 15) is 18.5 Å². The van der Waals surface area contributed by atoms with Crippen LogP contribution in [0.5, 0.6) is 11.5 Å². The molecule has 1 aliphatic heterocycles. The summed E-state index contributed by atoms with van der Waals surface area (Å²) in [4.78, 5) is 14.8. The molecule has 10 nitrogen and oxygen atoms in total. The lowest BCUT2D eigenvalue weighted by Crippen LogP contribution is -2.32. The molecule has 0 aliphatic carbocycles. The molecule has 32 heavy (non-hydrogen) atoms. The van der Waals surface area contributed by atoms with Crippen LogP contribution < -0.4 is 19.1 Å². The SMILES string of the molecule is COc1cc2c(cc1OC)CN(c1ccc(S(=O)(=O)NCCN(C)C)cc1[N+](=O)[O-])CC2. The quantitative estimate of drug-likeness (QED) is 0.443. The number of nitrogens with zero attached hydrogens (tertiary/aromatic N) is 3.